The third-order valence-corrected chi connectivity index (χ3v) is 3.98. The van der Waals surface area contributed by atoms with E-state index in [1.807, 2.05) is 0 Å². The molecule has 0 amide bonds. The molecule has 0 unspecified atom stereocenters. The number of hydrogen-bond acceptors (Lipinski definition) is 3. The fourth-order valence-corrected chi connectivity index (χ4v) is 2.92. The maximum atomic E-state index is 14.5. The van der Waals surface area contributed by atoms with Crippen LogP contribution in [0.25, 0.3) is 22.4 Å². The topological polar surface area (TPSA) is 39.9 Å². The Hall–Kier alpha value is -2.18. The van der Waals surface area contributed by atoms with Crippen molar-refractivity contribution in [1.82, 2.24) is 14.8 Å². The van der Waals surface area contributed by atoms with Crippen LogP contribution in [-0.4, -0.2) is 21.9 Å². The summed E-state index contributed by atoms with van der Waals surface area (Å²) in [6.07, 6.45) is 1.52. The van der Waals surface area contributed by atoms with E-state index in [1.165, 1.54) is 18.0 Å². The van der Waals surface area contributed by atoms with Gasteiger partial charge >= 0.3 is 0 Å². The summed E-state index contributed by atoms with van der Waals surface area (Å²) in [5.74, 6) is -1.53. The Kier molecular flexibility index (Phi) is 4.43. The molecule has 0 atom stereocenters. The van der Waals surface area contributed by atoms with Gasteiger partial charge in [-0.15, -0.1) is 0 Å². The largest absolute Gasteiger partial charge is 0.496 e. The molecular formula is C16H11Cl2F2N3O. The number of hydrogen-bond donors (Lipinski definition) is 0. The first kappa shape index (κ1) is 16.7. The lowest BCUT2D eigenvalue weighted by Crippen LogP contribution is -1.98. The number of benzene rings is 1. The van der Waals surface area contributed by atoms with Crippen LogP contribution in [0.1, 0.15) is 0 Å². The van der Waals surface area contributed by atoms with Crippen LogP contribution in [0.2, 0.25) is 10.3 Å². The van der Waals surface area contributed by atoms with Gasteiger partial charge in [0.2, 0.25) is 0 Å². The summed E-state index contributed by atoms with van der Waals surface area (Å²) < 4.78 is 34.6. The number of rotatable bonds is 3. The number of aryl methyl sites for hydroxylation is 1. The molecule has 2 heterocycles. The van der Waals surface area contributed by atoms with Crippen molar-refractivity contribution < 1.29 is 13.5 Å². The van der Waals surface area contributed by atoms with Gasteiger partial charge in [-0.1, -0.05) is 23.2 Å². The molecule has 8 heteroatoms. The molecule has 3 aromatic rings. The van der Waals surface area contributed by atoms with Crippen LogP contribution in [0, 0.1) is 11.6 Å². The molecule has 2 aromatic heterocycles. The summed E-state index contributed by atoms with van der Waals surface area (Å²) in [6.45, 7) is 0. The van der Waals surface area contributed by atoms with E-state index in [0.717, 1.165) is 12.1 Å². The lowest BCUT2D eigenvalue weighted by molar-refractivity contribution is 0.409. The number of aromatic nitrogens is 3. The quantitative estimate of drug-likeness (QED) is 0.625. The van der Waals surface area contributed by atoms with Crippen LogP contribution in [0.3, 0.4) is 0 Å². The van der Waals surface area contributed by atoms with E-state index in [2.05, 4.69) is 10.1 Å². The first-order chi connectivity index (χ1) is 11.4. The average Bonchev–Trinajstić information content (AvgIpc) is 2.81. The molecule has 4 nitrogen and oxygen atoms in total. The average molecular weight is 370 g/mol. The monoisotopic (exact) mass is 369 g/mol. The van der Waals surface area contributed by atoms with Crippen molar-refractivity contribution in [2.24, 2.45) is 7.05 Å². The second-order valence-electron chi connectivity index (χ2n) is 4.97. The van der Waals surface area contributed by atoms with E-state index in [0.29, 0.717) is 16.4 Å². The van der Waals surface area contributed by atoms with E-state index < -0.39 is 11.6 Å². The predicted molar refractivity (Wildman–Crippen MR) is 88.4 cm³/mol. The molecule has 0 spiro atoms. The van der Waals surface area contributed by atoms with Gasteiger partial charge in [-0.3, -0.25) is 4.68 Å². The van der Waals surface area contributed by atoms with Crippen LogP contribution in [-0.2, 0) is 7.05 Å². The number of methoxy groups -OCH3 is 1. The minimum Gasteiger partial charge on any atom is -0.496 e. The number of ether oxygens (including phenoxy) is 1. The zero-order valence-electron chi connectivity index (χ0n) is 12.6. The number of pyridine rings is 1. The fourth-order valence-electron chi connectivity index (χ4n) is 2.51. The highest BCUT2D eigenvalue weighted by Gasteiger charge is 2.25. The van der Waals surface area contributed by atoms with Gasteiger partial charge in [0.25, 0.3) is 0 Å². The van der Waals surface area contributed by atoms with Crippen LogP contribution >= 0.6 is 23.2 Å². The van der Waals surface area contributed by atoms with Crippen LogP contribution in [0.4, 0.5) is 8.78 Å². The van der Waals surface area contributed by atoms with E-state index in [-0.39, 0.29) is 22.0 Å². The van der Waals surface area contributed by atoms with Gasteiger partial charge in [0, 0.05) is 30.9 Å². The highest BCUT2D eigenvalue weighted by molar-refractivity contribution is 6.33. The molecule has 3 rings (SSSR count). The Morgan fingerprint density at radius 2 is 1.88 bits per heavy atom. The minimum absolute atomic E-state index is 0.0190. The second kappa shape index (κ2) is 6.37. The molecule has 0 aliphatic rings. The molecule has 1 aromatic carbocycles. The molecule has 0 saturated heterocycles. The Morgan fingerprint density at radius 1 is 1.12 bits per heavy atom. The molecule has 0 aliphatic carbocycles. The van der Waals surface area contributed by atoms with Crippen molar-refractivity contribution in [3.05, 3.63) is 52.4 Å². The summed E-state index contributed by atoms with van der Waals surface area (Å²) in [4.78, 5) is 4.02. The summed E-state index contributed by atoms with van der Waals surface area (Å²) in [5, 5.41) is 4.51. The molecule has 0 radical (unpaired) electrons. The van der Waals surface area contributed by atoms with E-state index in [4.69, 9.17) is 27.9 Å². The SMILES string of the molecule is COc1cc(F)cc(F)c1-c1c(Cl)nn(C)c1-c1ccc(Cl)nc1. The second-order valence-corrected chi connectivity index (χ2v) is 5.72. The summed E-state index contributed by atoms with van der Waals surface area (Å²) in [5.41, 5.74) is 1.45. The Morgan fingerprint density at radius 3 is 2.50 bits per heavy atom. The van der Waals surface area contributed by atoms with Crippen molar-refractivity contribution in [3.8, 4) is 28.1 Å². The zero-order chi connectivity index (χ0) is 17.4. The van der Waals surface area contributed by atoms with E-state index in [9.17, 15) is 8.78 Å². The maximum Gasteiger partial charge on any atom is 0.159 e. The fraction of sp³-hybridized carbons (Fsp3) is 0.125. The van der Waals surface area contributed by atoms with E-state index in [1.54, 1.807) is 19.2 Å². The van der Waals surface area contributed by atoms with Gasteiger partial charge in [-0.2, -0.15) is 5.10 Å². The molecule has 24 heavy (non-hydrogen) atoms. The Bertz CT molecular complexity index is 911. The summed E-state index contributed by atoms with van der Waals surface area (Å²) in [6, 6.07) is 5.16. The van der Waals surface area contributed by atoms with Crippen molar-refractivity contribution in [2.45, 2.75) is 0 Å². The van der Waals surface area contributed by atoms with E-state index >= 15 is 0 Å². The number of halogens is 4. The third-order valence-electron chi connectivity index (χ3n) is 3.49. The lowest BCUT2D eigenvalue weighted by Gasteiger charge is -2.12. The lowest BCUT2D eigenvalue weighted by atomic mass is 10.0. The summed E-state index contributed by atoms with van der Waals surface area (Å²) in [7, 11) is 2.98. The van der Waals surface area contributed by atoms with Crippen LogP contribution < -0.4 is 4.74 Å². The van der Waals surface area contributed by atoms with Crippen LogP contribution in [0.15, 0.2) is 30.5 Å². The van der Waals surface area contributed by atoms with Crippen molar-refractivity contribution in [1.29, 1.82) is 0 Å². The third kappa shape index (κ3) is 2.83. The highest BCUT2D eigenvalue weighted by atomic mass is 35.5. The molecular weight excluding hydrogens is 359 g/mol. The normalized spacial score (nSPS) is 10.9. The minimum atomic E-state index is -0.801. The number of nitrogens with zero attached hydrogens (tertiary/aromatic N) is 3. The molecule has 0 saturated carbocycles. The standard InChI is InChI=1S/C16H11Cl2F2N3O/c1-23-15(8-3-4-12(17)21-7-8)14(16(18)22-23)13-10(20)5-9(19)6-11(13)24-2/h3-7H,1-2H3. The predicted octanol–water partition coefficient (Wildman–Crippen LogP) is 4.74. The van der Waals surface area contributed by atoms with Gasteiger partial charge in [0.05, 0.1) is 23.9 Å². The Labute approximate surface area is 146 Å². The van der Waals surface area contributed by atoms with Gasteiger partial charge in [-0.25, -0.2) is 13.8 Å². The van der Waals surface area contributed by atoms with Gasteiger partial charge in [-0.05, 0) is 12.1 Å². The van der Waals surface area contributed by atoms with Gasteiger partial charge < -0.3 is 4.74 Å². The van der Waals surface area contributed by atoms with Crippen LogP contribution in [0.5, 0.6) is 5.75 Å². The van der Waals surface area contributed by atoms with Crippen molar-refractivity contribution >= 4 is 23.2 Å². The highest BCUT2D eigenvalue weighted by Crippen LogP contribution is 2.43. The smallest absolute Gasteiger partial charge is 0.159 e. The van der Waals surface area contributed by atoms with Crippen molar-refractivity contribution in [3.63, 3.8) is 0 Å². The van der Waals surface area contributed by atoms with Gasteiger partial charge in [0.15, 0.2) is 5.15 Å². The Balaban J connectivity index is 2.33. The molecule has 0 bridgehead atoms. The molecule has 0 N–H and O–H groups in total. The maximum absolute atomic E-state index is 14.5. The van der Waals surface area contributed by atoms with Gasteiger partial charge in [0.1, 0.15) is 22.5 Å². The molecule has 0 aliphatic heterocycles. The van der Waals surface area contributed by atoms with Crippen molar-refractivity contribution in [2.75, 3.05) is 7.11 Å². The first-order valence-electron chi connectivity index (χ1n) is 6.80. The molecule has 124 valence electrons. The summed E-state index contributed by atoms with van der Waals surface area (Å²) >= 11 is 12.0. The zero-order valence-corrected chi connectivity index (χ0v) is 14.2. The molecule has 0 fully saturated rings. The first-order valence-corrected chi connectivity index (χ1v) is 7.55.